The molecule has 0 N–H and O–H groups in total. The lowest BCUT2D eigenvalue weighted by Gasteiger charge is -2.33. The molecule has 0 spiro atoms. The normalized spacial score (nSPS) is 15.6. The molecular formula is C27H26BrNO4. The monoisotopic (exact) mass is 507 g/mol. The van der Waals surface area contributed by atoms with Gasteiger partial charge in [0.25, 0.3) is 0 Å². The van der Waals surface area contributed by atoms with E-state index in [9.17, 15) is 9.59 Å². The van der Waals surface area contributed by atoms with E-state index in [0.29, 0.717) is 0 Å². The fraction of sp³-hybridized carbons (Fsp3) is 0.259. The van der Waals surface area contributed by atoms with Crippen LogP contribution >= 0.6 is 15.9 Å². The highest BCUT2D eigenvalue weighted by Gasteiger charge is 2.31. The standard InChI is InChI=1S/C27H26BrNO4/c1-27(2,3)19-13-10-18(11-14-19)12-15-23-21-9-7-6-8-20(21)22(28)17-29(23)24(26(31)33-5)16-25(30)32-4/h6-11,13-14,16-17,23H,1-5H3/b24-16+. The van der Waals surface area contributed by atoms with Crippen LogP contribution in [0.5, 0.6) is 0 Å². The second-order valence-electron chi connectivity index (χ2n) is 8.52. The van der Waals surface area contributed by atoms with Crippen molar-refractivity contribution in [2.45, 2.75) is 32.2 Å². The minimum Gasteiger partial charge on any atom is -0.466 e. The number of esters is 2. The molecule has 0 aliphatic carbocycles. The molecule has 2 aromatic carbocycles. The third-order valence-electron chi connectivity index (χ3n) is 5.28. The first-order chi connectivity index (χ1) is 15.7. The van der Waals surface area contributed by atoms with Crippen molar-refractivity contribution in [1.82, 2.24) is 4.90 Å². The van der Waals surface area contributed by atoms with E-state index in [-0.39, 0.29) is 11.1 Å². The van der Waals surface area contributed by atoms with Gasteiger partial charge in [0.15, 0.2) is 0 Å². The molecule has 0 saturated carbocycles. The molecule has 6 heteroatoms. The van der Waals surface area contributed by atoms with Crippen LogP contribution in [0.1, 0.15) is 49.1 Å². The summed E-state index contributed by atoms with van der Waals surface area (Å²) in [6, 6.07) is 15.4. The summed E-state index contributed by atoms with van der Waals surface area (Å²) in [5.74, 6) is 5.18. The second kappa shape index (κ2) is 10.1. The van der Waals surface area contributed by atoms with Crippen LogP contribution in [-0.2, 0) is 24.5 Å². The molecular weight excluding hydrogens is 482 g/mol. The van der Waals surface area contributed by atoms with E-state index >= 15 is 0 Å². The van der Waals surface area contributed by atoms with Gasteiger partial charge in [-0.1, -0.05) is 69.0 Å². The predicted octanol–water partition coefficient (Wildman–Crippen LogP) is 5.32. The van der Waals surface area contributed by atoms with E-state index in [2.05, 4.69) is 60.7 Å². The van der Waals surface area contributed by atoms with Gasteiger partial charge in [-0.15, -0.1) is 0 Å². The van der Waals surface area contributed by atoms with Gasteiger partial charge in [-0.05, 0) is 50.2 Å². The first kappa shape index (κ1) is 24.3. The number of carbonyl (C=O) groups is 2. The summed E-state index contributed by atoms with van der Waals surface area (Å²) in [5, 5.41) is 0. The van der Waals surface area contributed by atoms with Gasteiger partial charge in [-0.25, -0.2) is 9.59 Å². The molecule has 3 rings (SSSR count). The third-order valence-corrected chi connectivity index (χ3v) is 5.91. The molecule has 0 saturated heterocycles. The van der Waals surface area contributed by atoms with Crippen LogP contribution in [0.25, 0.3) is 4.48 Å². The Bertz CT molecular complexity index is 1180. The van der Waals surface area contributed by atoms with Crippen molar-refractivity contribution in [3.63, 3.8) is 0 Å². The fourth-order valence-electron chi connectivity index (χ4n) is 3.44. The van der Waals surface area contributed by atoms with Gasteiger partial charge < -0.3 is 14.4 Å². The van der Waals surface area contributed by atoms with Crippen molar-refractivity contribution in [2.24, 2.45) is 0 Å². The molecule has 0 fully saturated rings. The van der Waals surface area contributed by atoms with Crippen molar-refractivity contribution < 1.29 is 19.1 Å². The predicted molar refractivity (Wildman–Crippen MR) is 132 cm³/mol. The van der Waals surface area contributed by atoms with Gasteiger partial charge in [0.2, 0.25) is 0 Å². The Labute approximate surface area is 203 Å². The summed E-state index contributed by atoms with van der Waals surface area (Å²) < 4.78 is 10.4. The van der Waals surface area contributed by atoms with E-state index in [0.717, 1.165) is 27.2 Å². The first-order valence-corrected chi connectivity index (χ1v) is 11.2. The Morgan fingerprint density at radius 2 is 1.70 bits per heavy atom. The highest BCUT2D eigenvalue weighted by Crippen LogP contribution is 2.39. The highest BCUT2D eigenvalue weighted by molar-refractivity contribution is 9.15. The molecule has 0 amide bonds. The van der Waals surface area contributed by atoms with Crippen molar-refractivity contribution in [1.29, 1.82) is 0 Å². The Morgan fingerprint density at radius 1 is 1.03 bits per heavy atom. The Morgan fingerprint density at radius 3 is 2.30 bits per heavy atom. The molecule has 0 bridgehead atoms. The molecule has 1 atom stereocenters. The lowest BCUT2D eigenvalue weighted by molar-refractivity contribution is -0.139. The number of carbonyl (C=O) groups excluding carboxylic acids is 2. The number of hydrogen-bond acceptors (Lipinski definition) is 5. The SMILES string of the molecule is COC(=O)/C=C(\C(=O)OC)N1C=C(Br)c2ccccc2C1C#Cc1ccc(C(C)(C)C)cc1. The van der Waals surface area contributed by atoms with Gasteiger partial charge in [0.05, 0.1) is 20.3 Å². The van der Waals surface area contributed by atoms with Crippen LogP contribution in [0.15, 0.2) is 66.5 Å². The minimum absolute atomic E-state index is 0.0261. The quantitative estimate of drug-likeness (QED) is 0.319. The van der Waals surface area contributed by atoms with Crippen molar-refractivity contribution in [3.05, 3.63) is 88.8 Å². The average molecular weight is 508 g/mol. The number of rotatable bonds is 3. The number of halogens is 1. The molecule has 0 radical (unpaired) electrons. The maximum absolute atomic E-state index is 12.6. The molecule has 2 aromatic rings. The molecule has 1 heterocycles. The average Bonchev–Trinajstić information content (AvgIpc) is 2.81. The summed E-state index contributed by atoms with van der Waals surface area (Å²) in [7, 11) is 2.52. The van der Waals surface area contributed by atoms with E-state index in [1.807, 2.05) is 36.4 Å². The van der Waals surface area contributed by atoms with Crippen LogP contribution in [0.2, 0.25) is 0 Å². The highest BCUT2D eigenvalue weighted by atomic mass is 79.9. The van der Waals surface area contributed by atoms with Crippen LogP contribution in [-0.4, -0.2) is 31.1 Å². The van der Waals surface area contributed by atoms with Crippen LogP contribution in [0.4, 0.5) is 0 Å². The molecule has 0 aromatic heterocycles. The van der Waals surface area contributed by atoms with Crippen molar-refractivity contribution >= 4 is 32.4 Å². The molecule has 1 aliphatic heterocycles. The van der Waals surface area contributed by atoms with Crippen LogP contribution in [0, 0.1) is 11.8 Å². The van der Waals surface area contributed by atoms with Gasteiger partial charge in [-0.3, -0.25) is 0 Å². The van der Waals surface area contributed by atoms with E-state index < -0.39 is 18.0 Å². The van der Waals surface area contributed by atoms with Crippen LogP contribution < -0.4 is 0 Å². The zero-order chi connectivity index (χ0) is 24.2. The lowest BCUT2D eigenvalue weighted by Crippen LogP contribution is -2.31. The second-order valence-corrected chi connectivity index (χ2v) is 9.37. The summed E-state index contributed by atoms with van der Waals surface area (Å²) >= 11 is 3.58. The number of fused-ring (bicyclic) bond motifs is 1. The van der Waals surface area contributed by atoms with E-state index in [1.165, 1.54) is 19.8 Å². The number of benzene rings is 2. The van der Waals surface area contributed by atoms with E-state index in [4.69, 9.17) is 9.47 Å². The topological polar surface area (TPSA) is 55.8 Å². The van der Waals surface area contributed by atoms with Crippen molar-refractivity contribution in [3.8, 4) is 11.8 Å². The summed E-state index contributed by atoms with van der Waals surface area (Å²) in [6.07, 6.45) is 2.85. The van der Waals surface area contributed by atoms with Crippen molar-refractivity contribution in [2.75, 3.05) is 14.2 Å². The largest absolute Gasteiger partial charge is 0.466 e. The van der Waals surface area contributed by atoms with Gasteiger partial charge >= 0.3 is 11.9 Å². The Kier molecular flexibility index (Phi) is 7.45. The van der Waals surface area contributed by atoms with Gasteiger partial charge in [-0.2, -0.15) is 0 Å². The molecule has 1 unspecified atom stereocenters. The fourth-order valence-corrected chi connectivity index (χ4v) is 4.03. The number of nitrogens with zero attached hydrogens (tertiary/aromatic N) is 1. The number of methoxy groups -OCH3 is 2. The maximum atomic E-state index is 12.6. The Hall–Kier alpha value is -3.30. The smallest absolute Gasteiger partial charge is 0.354 e. The molecule has 33 heavy (non-hydrogen) atoms. The van der Waals surface area contributed by atoms with Gasteiger partial charge in [0, 0.05) is 16.2 Å². The van der Waals surface area contributed by atoms with E-state index in [1.54, 1.807) is 11.1 Å². The zero-order valence-electron chi connectivity index (χ0n) is 19.3. The summed E-state index contributed by atoms with van der Waals surface area (Å²) in [4.78, 5) is 26.2. The minimum atomic E-state index is -0.669. The first-order valence-electron chi connectivity index (χ1n) is 10.4. The number of hydrogen-bond donors (Lipinski definition) is 0. The zero-order valence-corrected chi connectivity index (χ0v) is 20.9. The lowest BCUT2D eigenvalue weighted by atomic mass is 9.87. The van der Waals surface area contributed by atoms with Gasteiger partial charge in [0.1, 0.15) is 11.7 Å². The molecule has 1 aliphatic rings. The molecule has 170 valence electrons. The molecule has 5 nitrogen and oxygen atoms in total. The van der Waals surface area contributed by atoms with Crippen LogP contribution in [0.3, 0.4) is 0 Å². The number of ether oxygens (including phenoxy) is 2. The maximum Gasteiger partial charge on any atom is 0.354 e. The summed E-state index contributed by atoms with van der Waals surface area (Å²) in [6.45, 7) is 6.49. The Balaban J connectivity index is 2.11. The third kappa shape index (κ3) is 5.55. The summed E-state index contributed by atoms with van der Waals surface area (Å²) in [5.41, 5.74) is 4.00.